The first-order valence-corrected chi connectivity index (χ1v) is 12.3. The number of rotatable bonds is 3. The SMILES string of the molecule is COc1ccc2c(c1)C(N1CCN(S(=O)(=O)c3ccccc3)C(C)C1)=Nc1ccccc1O2. The van der Waals surface area contributed by atoms with Crippen LogP contribution in [-0.4, -0.2) is 56.2 Å². The van der Waals surface area contributed by atoms with E-state index in [4.69, 9.17) is 14.5 Å². The van der Waals surface area contributed by atoms with Gasteiger partial charge in [-0.2, -0.15) is 4.31 Å². The van der Waals surface area contributed by atoms with Gasteiger partial charge < -0.3 is 14.4 Å². The number of hydrogen-bond acceptors (Lipinski definition) is 6. The molecule has 1 fully saturated rings. The molecule has 0 spiro atoms. The third-order valence-corrected chi connectivity index (χ3v) is 7.98. The Morgan fingerprint density at radius 2 is 1.73 bits per heavy atom. The van der Waals surface area contributed by atoms with Crippen LogP contribution in [-0.2, 0) is 10.0 Å². The molecule has 170 valence electrons. The highest BCUT2D eigenvalue weighted by molar-refractivity contribution is 7.89. The zero-order valence-corrected chi connectivity index (χ0v) is 19.3. The van der Waals surface area contributed by atoms with Crippen LogP contribution >= 0.6 is 0 Å². The average molecular weight is 464 g/mol. The predicted octanol–water partition coefficient (Wildman–Crippen LogP) is 4.27. The van der Waals surface area contributed by atoms with E-state index in [1.807, 2.05) is 55.5 Å². The van der Waals surface area contributed by atoms with E-state index in [0.29, 0.717) is 41.8 Å². The number of benzene rings is 3. The third kappa shape index (κ3) is 3.96. The minimum atomic E-state index is -3.57. The highest BCUT2D eigenvalue weighted by Gasteiger charge is 2.36. The molecule has 3 aromatic carbocycles. The molecular formula is C25H25N3O4S. The lowest BCUT2D eigenvalue weighted by Crippen LogP contribution is -2.55. The van der Waals surface area contributed by atoms with E-state index < -0.39 is 10.0 Å². The van der Waals surface area contributed by atoms with Gasteiger partial charge in [-0.1, -0.05) is 30.3 Å². The first kappa shape index (κ1) is 21.5. The summed E-state index contributed by atoms with van der Waals surface area (Å²) in [6.45, 7) is 3.30. The van der Waals surface area contributed by atoms with Gasteiger partial charge in [-0.25, -0.2) is 13.4 Å². The highest BCUT2D eigenvalue weighted by atomic mass is 32.2. The third-order valence-electron chi connectivity index (χ3n) is 5.96. The van der Waals surface area contributed by atoms with Crippen LogP contribution < -0.4 is 9.47 Å². The topological polar surface area (TPSA) is 71.4 Å². The fourth-order valence-electron chi connectivity index (χ4n) is 4.29. The van der Waals surface area contributed by atoms with E-state index in [9.17, 15) is 8.42 Å². The van der Waals surface area contributed by atoms with Gasteiger partial charge in [0.1, 0.15) is 23.0 Å². The summed E-state index contributed by atoms with van der Waals surface area (Å²) in [4.78, 5) is 7.40. The number of fused-ring (bicyclic) bond motifs is 2. The van der Waals surface area contributed by atoms with Crippen molar-refractivity contribution in [2.24, 2.45) is 4.99 Å². The second-order valence-electron chi connectivity index (χ2n) is 8.09. The number of para-hydroxylation sites is 2. The van der Waals surface area contributed by atoms with Crippen LogP contribution in [0.3, 0.4) is 0 Å². The van der Waals surface area contributed by atoms with Gasteiger partial charge >= 0.3 is 0 Å². The van der Waals surface area contributed by atoms with E-state index in [0.717, 1.165) is 17.1 Å². The molecule has 0 saturated carbocycles. The summed E-state index contributed by atoms with van der Waals surface area (Å²) in [6.07, 6.45) is 0. The van der Waals surface area contributed by atoms with Crippen molar-refractivity contribution < 1.29 is 17.9 Å². The maximum absolute atomic E-state index is 13.2. The van der Waals surface area contributed by atoms with Crippen molar-refractivity contribution in [2.45, 2.75) is 17.9 Å². The highest BCUT2D eigenvalue weighted by Crippen LogP contribution is 2.39. The molecule has 7 nitrogen and oxygen atoms in total. The largest absolute Gasteiger partial charge is 0.497 e. The Hall–Kier alpha value is -3.36. The van der Waals surface area contributed by atoms with Gasteiger partial charge in [0.15, 0.2) is 5.75 Å². The van der Waals surface area contributed by atoms with Crippen molar-refractivity contribution in [3.8, 4) is 17.2 Å². The number of nitrogens with zero attached hydrogens (tertiary/aromatic N) is 3. The molecular weight excluding hydrogens is 438 g/mol. The second-order valence-corrected chi connectivity index (χ2v) is 9.98. The smallest absolute Gasteiger partial charge is 0.243 e. The summed E-state index contributed by atoms with van der Waals surface area (Å²) >= 11 is 0. The quantitative estimate of drug-likeness (QED) is 0.580. The molecule has 0 N–H and O–H groups in total. The molecule has 8 heteroatoms. The average Bonchev–Trinajstić information content (AvgIpc) is 3.00. The first-order chi connectivity index (χ1) is 16.0. The molecule has 0 aliphatic carbocycles. The standard InChI is InChI=1S/C25H25N3O4S/c1-18-17-27(14-15-28(18)33(29,30)20-8-4-3-5-9-20)25-21-16-19(31-2)12-13-23(21)32-24-11-7-6-10-22(24)26-25/h3-13,16,18H,14-15,17H2,1-2H3. The Morgan fingerprint density at radius 3 is 2.48 bits per heavy atom. The Balaban J connectivity index is 1.50. The van der Waals surface area contributed by atoms with Gasteiger partial charge in [0.2, 0.25) is 10.0 Å². The van der Waals surface area contributed by atoms with E-state index in [2.05, 4.69) is 4.90 Å². The summed E-state index contributed by atoms with van der Waals surface area (Å²) in [7, 11) is -1.95. The van der Waals surface area contributed by atoms with Crippen LogP contribution in [0.25, 0.3) is 0 Å². The van der Waals surface area contributed by atoms with E-state index in [-0.39, 0.29) is 6.04 Å². The van der Waals surface area contributed by atoms with E-state index in [1.54, 1.807) is 35.7 Å². The summed E-state index contributed by atoms with van der Waals surface area (Å²) in [5, 5.41) is 0. The molecule has 0 bridgehead atoms. The lowest BCUT2D eigenvalue weighted by molar-refractivity contribution is 0.205. The molecule has 1 unspecified atom stereocenters. The molecule has 0 radical (unpaired) electrons. The molecule has 0 amide bonds. The summed E-state index contributed by atoms with van der Waals surface area (Å²) in [5.74, 6) is 2.82. The Kier molecular flexibility index (Phi) is 5.55. The Morgan fingerprint density at radius 1 is 0.970 bits per heavy atom. The van der Waals surface area contributed by atoms with Crippen LogP contribution in [0.4, 0.5) is 5.69 Å². The van der Waals surface area contributed by atoms with Crippen LogP contribution in [0.2, 0.25) is 0 Å². The molecule has 1 saturated heterocycles. The first-order valence-electron chi connectivity index (χ1n) is 10.8. The maximum Gasteiger partial charge on any atom is 0.243 e. The number of methoxy groups -OCH3 is 1. The summed E-state index contributed by atoms with van der Waals surface area (Å²) in [6, 6.07) is 21.6. The number of piperazine rings is 1. The zero-order valence-electron chi connectivity index (χ0n) is 18.5. The molecule has 0 aromatic heterocycles. The van der Waals surface area contributed by atoms with Gasteiger partial charge in [-0.15, -0.1) is 0 Å². The van der Waals surface area contributed by atoms with Gasteiger partial charge in [0.25, 0.3) is 0 Å². The number of hydrogen-bond donors (Lipinski definition) is 0. The van der Waals surface area contributed by atoms with Crippen molar-refractivity contribution in [2.75, 3.05) is 26.7 Å². The lowest BCUT2D eigenvalue weighted by Gasteiger charge is -2.40. The van der Waals surface area contributed by atoms with E-state index in [1.165, 1.54) is 0 Å². The fraction of sp³-hybridized carbons (Fsp3) is 0.240. The van der Waals surface area contributed by atoms with Crippen molar-refractivity contribution in [1.82, 2.24) is 9.21 Å². The molecule has 2 aliphatic heterocycles. The van der Waals surface area contributed by atoms with E-state index >= 15 is 0 Å². The fourth-order valence-corrected chi connectivity index (χ4v) is 5.92. The van der Waals surface area contributed by atoms with Crippen molar-refractivity contribution in [3.63, 3.8) is 0 Å². The Labute approximate surface area is 193 Å². The van der Waals surface area contributed by atoms with Crippen LogP contribution in [0.15, 0.2) is 82.7 Å². The van der Waals surface area contributed by atoms with Crippen LogP contribution in [0.5, 0.6) is 17.2 Å². The number of amidine groups is 1. The summed E-state index contributed by atoms with van der Waals surface area (Å²) < 4.78 is 39.6. The molecule has 1 atom stereocenters. The Bertz CT molecular complexity index is 1310. The monoisotopic (exact) mass is 463 g/mol. The van der Waals surface area contributed by atoms with Crippen molar-refractivity contribution >= 4 is 21.5 Å². The zero-order chi connectivity index (χ0) is 23.0. The number of ether oxygens (including phenoxy) is 2. The van der Waals surface area contributed by atoms with Crippen LogP contribution in [0, 0.1) is 0 Å². The molecule has 33 heavy (non-hydrogen) atoms. The van der Waals surface area contributed by atoms with Gasteiger partial charge in [0, 0.05) is 25.7 Å². The molecule has 2 aliphatic rings. The predicted molar refractivity (Wildman–Crippen MR) is 127 cm³/mol. The minimum absolute atomic E-state index is 0.236. The minimum Gasteiger partial charge on any atom is -0.497 e. The van der Waals surface area contributed by atoms with Gasteiger partial charge in [0.05, 0.1) is 17.6 Å². The van der Waals surface area contributed by atoms with Crippen molar-refractivity contribution in [1.29, 1.82) is 0 Å². The molecule has 2 heterocycles. The van der Waals surface area contributed by atoms with Gasteiger partial charge in [-0.05, 0) is 49.4 Å². The lowest BCUT2D eigenvalue weighted by atomic mass is 10.1. The number of aliphatic imine (C=N–C) groups is 1. The molecule has 5 rings (SSSR count). The molecule has 3 aromatic rings. The normalized spacial score (nSPS) is 18.4. The van der Waals surface area contributed by atoms with Crippen molar-refractivity contribution in [3.05, 3.63) is 78.4 Å². The van der Waals surface area contributed by atoms with Gasteiger partial charge in [-0.3, -0.25) is 0 Å². The summed E-state index contributed by atoms with van der Waals surface area (Å²) in [5.41, 5.74) is 1.55. The number of sulfonamides is 1. The maximum atomic E-state index is 13.2. The second kappa shape index (κ2) is 8.53. The van der Waals surface area contributed by atoms with Crippen LogP contribution in [0.1, 0.15) is 12.5 Å².